The van der Waals surface area contributed by atoms with Crippen LogP contribution in [0.1, 0.15) is 82.8 Å². The summed E-state index contributed by atoms with van der Waals surface area (Å²) in [6, 6.07) is 42.6. The molecule has 2 N–H and O–H groups in total. The molecule has 1 fully saturated rings. The zero-order valence-corrected chi connectivity index (χ0v) is 42.3. The van der Waals surface area contributed by atoms with Crippen molar-refractivity contribution in [3.63, 3.8) is 0 Å². The molecule has 1 amide bonds. The molecule has 0 radical (unpaired) electrons. The first-order valence-electron chi connectivity index (χ1n) is 25.7. The van der Waals surface area contributed by atoms with Gasteiger partial charge in [0.25, 0.3) is 5.69 Å². The van der Waals surface area contributed by atoms with E-state index in [1.165, 1.54) is 24.3 Å². The second-order valence-corrected chi connectivity index (χ2v) is 20.4. The number of nitro benzene ring substituents is 1. The molecule has 6 atom stereocenters. The summed E-state index contributed by atoms with van der Waals surface area (Å²) < 4.78 is 27.7. The van der Waals surface area contributed by atoms with Gasteiger partial charge in [0.05, 0.1) is 29.7 Å². The Kier molecular flexibility index (Phi) is 15.9. The predicted octanol–water partition coefficient (Wildman–Crippen LogP) is 13.3. The minimum Gasteiger partial charge on any atom is -0.459 e. The second kappa shape index (κ2) is 22.8. The average molecular weight is 1000 g/mol. The summed E-state index contributed by atoms with van der Waals surface area (Å²) in [7, 11) is 0. The number of allylic oxidation sites excluding steroid dienone is 1. The Labute approximate surface area is 432 Å². The summed E-state index contributed by atoms with van der Waals surface area (Å²) in [5.41, 5.74) is 4.60. The molecule has 2 aliphatic carbocycles. The number of aliphatic hydroxyl groups excluding tert-OH is 2. The maximum absolute atomic E-state index is 15.4. The Morgan fingerprint density at radius 2 is 1.51 bits per heavy atom. The van der Waals surface area contributed by atoms with Crippen LogP contribution in [0.4, 0.5) is 10.5 Å². The third-order valence-corrected chi connectivity index (χ3v) is 14.4. The van der Waals surface area contributed by atoms with Gasteiger partial charge in [-0.15, -0.1) is 6.58 Å². The number of benzene rings is 6. The fourth-order valence-corrected chi connectivity index (χ4v) is 11.1. The first-order chi connectivity index (χ1) is 35.9. The zero-order valence-electron chi connectivity index (χ0n) is 42.3. The molecule has 0 bridgehead atoms. The van der Waals surface area contributed by atoms with Crippen molar-refractivity contribution >= 4 is 28.3 Å². The van der Waals surface area contributed by atoms with Crippen LogP contribution in [0.3, 0.4) is 0 Å². The van der Waals surface area contributed by atoms with Gasteiger partial charge in [0.2, 0.25) is 5.79 Å². The summed E-state index contributed by atoms with van der Waals surface area (Å²) in [5.74, 6) is -0.595. The van der Waals surface area contributed by atoms with Crippen LogP contribution in [0.2, 0.25) is 0 Å². The van der Waals surface area contributed by atoms with Crippen LogP contribution < -0.4 is 14.2 Å². The Hall–Kier alpha value is -7.32. The lowest BCUT2D eigenvalue weighted by Crippen LogP contribution is -2.70. The molecule has 0 unspecified atom stereocenters. The van der Waals surface area contributed by atoms with Gasteiger partial charge in [-0.2, -0.15) is 0 Å². The monoisotopic (exact) mass is 999 g/mol. The Bertz CT molecular complexity index is 2980. The number of nitrogens with zero attached hydrogens (tertiary/aromatic N) is 3. The molecule has 1 heterocycles. The number of hydrogen-bond donors (Lipinski definition) is 2. The molecule has 9 rings (SSSR count). The number of nitro groups is 1. The number of hydrogen-bond acceptors (Lipinski definition) is 11. The number of ether oxygens (including phenoxy) is 4. The molecule has 13 nitrogen and oxygen atoms in total. The first kappa shape index (κ1) is 51.6. The van der Waals surface area contributed by atoms with E-state index in [9.17, 15) is 20.3 Å². The molecule has 1 saturated carbocycles. The molecule has 74 heavy (non-hydrogen) atoms. The molecule has 0 spiro atoms. The quantitative estimate of drug-likeness (QED) is 0.0326. The standard InChI is InChI=1S/C61H65N3O10/c1-5-36-70-61-56(63(40-45-21-15-20-43-18-9-10-22-50(43)45)59(67)72-48-30-26-46(27-31-48)64(68)69)39-54(62-74-60(2,3)4)52-37-44(19-11-13-34-65)51(23-12-14-35-66)57(58(52)61)53-38-49(32-33-55(53)73-61)71-47-28-24-42(25-29-47)41-16-7-6-8-17-41/h5-10,15-18,20-22,24-33,37-38,44,51,56-58,65-66H,1,11-14,19,23,34-36,39-40H2,2-4H3/t44-,51+,56-,57+,58+,61+/m0/s1. The summed E-state index contributed by atoms with van der Waals surface area (Å²) in [5, 5.41) is 38.8. The van der Waals surface area contributed by atoms with Crippen LogP contribution in [0.15, 0.2) is 169 Å². The minimum absolute atomic E-state index is 0.00456. The van der Waals surface area contributed by atoms with Crippen LogP contribution in [0.5, 0.6) is 23.0 Å². The molecule has 384 valence electrons. The van der Waals surface area contributed by atoms with Gasteiger partial charge in [-0.3, -0.25) is 15.0 Å². The van der Waals surface area contributed by atoms with Gasteiger partial charge in [-0.25, -0.2) is 4.79 Å². The fourth-order valence-electron chi connectivity index (χ4n) is 11.1. The van der Waals surface area contributed by atoms with E-state index in [4.69, 9.17) is 28.9 Å². The van der Waals surface area contributed by atoms with E-state index in [-0.39, 0.29) is 62.0 Å². The number of unbranched alkanes of at least 4 members (excludes halogenated alkanes) is 2. The predicted molar refractivity (Wildman–Crippen MR) is 286 cm³/mol. The van der Waals surface area contributed by atoms with Crippen molar-refractivity contribution in [2.75, 3.05) is 19.8 Å². The Balaban J connectivity index is 1.24. The molecule has 13 heteroatoms. The van der Waals surface area contributed by atoms with Gasteiger partial charge in [0, 0.05) is 43.2 Å². The van der Waals surface area contributed by atoms with Gasteiger partial charge in [-0.05, 0) is 134 Å². The number of aliphatic hydroxyl groups is 2. The van der Waals surface area contributed by atoms with Gasteiger partial charge >= 0.3 is 6.09 Å². The van der Waals surface area contributed by atoms with E-state index >= 15 is 4.79 Å². The topological polar surface area (TPSA) is 162 Å². The van der Waals surface area contributed by atoms with E-state index in [0.717, 1.165) is 64.3 Å². The largest absolute Gasteiger partial charge is 0.459 e. The van der Waals surface area contributed by atoms with E-state index in [2.05, 4.69) is 30.9 Å². The lowest BCUT2D eigenvalue weighted by molar-refractivity contribution is -0.384. The third-order valence-electron chi connectivity index (χ3n) is 14.4. The van der Waals surface area contributed by atoms with E-state index in [1.807, 2.05) is 118 Å². The summed E-state index contributed by atoms with van der Waals surface area (Å²) in [6.45, 7) is 10.1. The smallest absolute Gasteiger partial charge is 0.416 e. The van der Waals surface area contributed by atoms with Gasteiger partial charge in [0.15, 0.2) is 0 Å². The number of non-ortho nitro benzene ring substituents is 1. The van der Waals surface area contributed by atoms with Gasteiger partial charge < -0.3 is 34.0 Å². The highest BCUT2D eigenvalue weighted by molar-refractivity contribution is 6.03. The number of carbonyl (C=O) groups excluding carboxylic acids is 1. The van der Waals surface area contributed by atoms with Crippen molar-refractivity contribution < 1.29 is 43.7 Å². The van der Waals surface area contributed by atoms with Crippen LogP contribution in [0.25, 0.3) is 21.9 Å². The van der Waals surface area contributed by atoms with Gasteiger partial charge in [-0.1, -0.05) is 115 Å². The first-order valence-corrected chi connectivity index (χ1v) is 25.7. The molecule has 1 aliphatic heterocycles. The van der Waals surface area contributed by atoms with Crippen LogP contribution in [-0.4, -0.2) is 69.1 Å². The number of amides is 1. The highest BCUT2D eigenvalue weighted by Gasteiger charge is 2.66. The summed E-state index contributed by atoms with van der Waals surface area (Å²) in [4.78, 5) is 34.6. The average Bonchev–Trinajstić information content (AvgIpc) is 3.41. The second-order valence-electron chi connectivity index (χ2n) is 20.4. The summed E-state index contributed by atoms with van der Waals surface area (Å²) >= 11 is 0. The van der Waals surface area contributed by atoms with Gasteiger partial charge in [0.1, 0.15) is 34.6 Å². The molecule has 6 aromatic rings. The van der Waals surface area contributed by atoms with Crippen molar-refractivity contribution in [3.05, 3.63) is 185 Å². The molecule has 6 aromatic carbocycles. The highest BCUT2D eigenvalue weighted by atomic mass is 16.7. The van der Waals surface area contributed by atoms with E-state index in [1.54, 1.807) is 11.0 Å². The minimum atomic E-state index is -1.60. The van der Waals surface area contributed by atoms with Crippen molar-refractivity contribution in [1.82, 2.24) is 4.90 Å². The number of rotatable bonds is 20. The highest BCUT2D eigenvalue weighted by Crippen LogP contribution is 2.62. The molecular formula is C61H65N3O10. The van der Waals surface area contributed by atoms with Crippen LogP contribution in [-0.2, 0) is 16.1 Å². The molecule has 0 saturated heterocycles. The van der Waals surface area contributed by atoms with Crippen molar-refractivity contribution in [3.8, 4) is 34.1 Å². The van der Waals surface area contributed by atoms with Crippen molar-refractivity contribution in [2.24, 2.45) is 22.9 Å². The zero-order chi connectivity index (χ0) is 51.8. The molecule has 0 aromatic heterocycles. The van der Waals surface area contributed by atoms with Crippen LogP contribution >= 0.6 is 0 Å². The lowest BCUT2D eigenvalue weighted by Gasteiger charge is -2.60. The number of fused-ring (bicyclic) bond motifs is 3. The van der Waals surface area contributed by atoms with Crippen LogP contribution in [0, 0.1) is 27.9 Å². The third kappa shape index (κ3) is 11.3. The maximum atomic E-state index is 15.4. The van der Waals surface area contributed by atoms with E-state index in [0.29, 0.717) is 35.8 Å². The normalized spacial score (nSPS) is 21.4. The number of carbonyl (C=O) groups is 1. The Morgan fingerprint density at radius 1 is 0.838 bits per heavy atom. The summed E-state index contributed by atoms with van der Waals surface area (Å²) in [6.07, 6.45) is 7.68. The maximum Gasteiger partial charge on any atom is 0.416 e. The fraction of sp³-hybridized carbons (Fsp3) is 0.344. The molecule has 3 aliphatic rings. The lowest BCUT2D eigenvalue weighted by atomic mass is 9.55. The SMILES string of the molecule is C=CCO[C@@]12Oc3ccc(Oc4ccc(-c5ccccc5)cc4)cc3[C@H]3[C@H](CCCCO)[C@@H](CCCCO)C=C(C(=NOC(C)(C)C)C[C@@H]1N(Cc1cccc4ccccc14)C(=O)Oc1ccc([N+](=O)[O-])cc1)[C@H]32. The van der Waals surface area contributed by atoms with Crippen molar-refractivity contribution in [1.29, 1.82) is 0 Å². The Morgan fingerprint density at radius 3 is 2.23 bits per heavy atom. The van der Waals surface area contributed by atoms with E-state index < -0.39 is 34.4 Å². The van der Waals surface area contributed by atoms with Crippen molar-refractivity contribution in [2.45, 2.75) is 95.6 Å². The molecular weight excluding hydrogens is 935 g/mol. The number of oxime groups is 1.